The number of nitrogen functional groups attached to an aromatic ring is 1. The maximum absolute atomic E-state index is 12.4. The van der Waals surface area contributed by atoms with E-state index < -0.39 is 0 Å². The predicted molar refractivity (Wildman–Crippen MR) is 68.6 cm³/mol. The van der Waals surface area contributed by atoms with Crippen LogP contribution in [0.5, 0.6) is 0 Å². The van der Waals surface area contributed by atoms with Crippen molar-refractivity contribution in [2.75, 3.05) is 32.1 Å². The molecule has 0 bridgehead atoms. The van der Waals surface area contributed by atoms with E-state index >= 15 is 0 Å². The van der Waals surface area contributed by atoms with Crippen molar-refractivity contribution >= 4 is 23.2 Å². The Labute approximate surface area is 110 Å². The van der Waals surface area contributed by atoms with Crippen LogP contribution >= 0.6 is 11.6 Å². The van der Waals surface area contributed by atoms with Gasteiger partial charge in [-0.05, 0) is 12.1 Å². The largest absolute Gasteiger partial charge is 0.397 e. The maximum atomic E-state index is 12.4. The Hall–Kier alpha value is -1.30. The first-order chi connectivity index (χ1) is 8.65. The molecule has 0 spiro atoms. The Bertz CT molecular complexity index is 453. The van der Waals surface area contributed by atoms with Crippen LogP contribution in [0.25, 0.3) is 0 Å². The van der Waals surface area contributed by atoms with Gasteiger partial charge in [-0.2, -0.15) is 0 Å². The van der Waals surface area contributed by atoms with Crippen LogP contribution in [0, 0.1) is 0 Å². The van der Waals surface area contributed by atoms with E-state index in [0.29, 0.717) is 30.3 Å². The van der Waals surface area contributed by atoms with Gasteiger partial charge in [-0.15, -0.1) is 0 Å². The molecule has 0 radical (unpaired) electrons. The molecule has 1 saturated heterocycles. The van der Waals surface area contributed by atoms with Crippen LogP contribution in [-0.4, -0.2) is 48.3 Å². The fourth-order valence-corrected chi connectivity index (χ4v) is 2.13. The molecule has 1 aromatic rings. The summed E-state index contributed by atoms with van der Waals surface area (Å²) < 4.78 is 5.23. The average molecular weight is 271 g/mol. The van der Waals surface area contributed by atoms with E-state index in [0.717, 1.165) is 0 Å². The Morgan fingerprint density at radius 1 is 1.61 bits per heavy atom. The zero-order chi connectivity index (χ0) is 13.1. The van der Waals surface area contributed by atoms with Gasteiger partial charge in [-0.25, -0.2) is 0 Å². The molecule has 1 atom stereocenters. The quantitative estimate of drug-likeness (QED) is 0.778. The lowest BCUT2D eigenvalue weighted by molar-refractivity contribution is -0.0183. The topological polar surface area (TPSA) is 75.8 Å². The maximum Gasteiger partial charge on any atom is 0.256 e. The van der Waals surface area contributed by atoms with Gasteiger partial charge in [0.15, 0.2) is 0 Å². The minimum absolute atomic E-state index is 0.133. The van der Waals surface area contributed by atoms with Crippen molar-refractivity contribution in [1.29, 1.82) is 0 Å². The molecule has 1 heterocycles. The summed E-state index contributed by atoms with van der Waals surface area (Å²) in [5.41, 5.74) is 6.44. The molecule has 0 aliphatic carbocycles. The number of nitrogens with two attached hydrogens (primary N) is 1. The number of aliphatic hydroxyl groups is 1. The van der Waals surface area contributed by atoms with Crippen molar-refractivity contribution in [3.63, 3.8) is 0 Å². The summed E-state index contributed by atoms with van der Waals surface area (Å²) in [5.74, 6) is -0.225. The van der Waals surface area contributed by atoms with Gasteiger partial charge in [0.05, 0.1) is 42.1 Å². The summed E-state index contributed by atoms with van der Waals surface area (Å²) in [7, 11) is 0. The number of carbonyl (C=O) groups is 1. The molecule has 0 aromatic heterocycles. The lowest BCUT2D eigenvalue weighted by Crippen LogP contribution is -2.50. The molecule has 1 amide bonds. The van der Waals surface area contributed by atoms with Crippen molar-refractivity contribution in [2.24, 2.45) is 0 Å². The number of anilines is 1. The van der Waals surface area contributed by atoms with E-state index in [1.165, 1.54) is 0 Å². The first-order valence-electron chi connectivity index (χ1n) is 5.68. The molecule has 1 unspecified atom stereocenters. The van der Waals surface area contributed by atoms with Crippen LogP contribution in [0.1, 0.15) is 10.4 Å². The fourth-order valence-electron chi connectivity index (χ4n) is 1.95. The zero-order valence-corrected chi connectivity index (χ0v) is 10.6. The monoisotopic (exact) mass is 270 g/mol. The molecule has 18 heavy (non-hydrogen) atoms. The molecule has 1 fully saturated rings. The molecule has 2 rings (SSSR count). The van der Waals surface area contributed by atoms with Gasteiger partial charge in [-0.3, -0.25) is 4.79 Å². The Balaban J connectivity index is 2.27. The van der Waals surface area contributed by atoms with Crippen LogP contribution in [0.15, 0.2) is 18.2 Å². The highest BCUT2D eigenvalue weighted by molar-refractivity contribution is 6.33. The first-order valence-corrected chi connectivity index (χ1v) is 6.06. The SMILES string of the molecule is Nc1c(Cl)cccc1C(=O)N1CCOCC1CO. The third-order valence-electron chi connectivity index (χ3n) is 2.98. The van der Waals surface area contributed by atoms with E-state index in [-0.39, 0.29) is 24.2 Å². The van der Waals surface area contributed by atoms with Gasteiger partial charge in [-0.1, -0.05) is 17.7 Å². The Morgan fingerprint density at radius 3 is 3.11 bits per heavy atom. The van der Waals surface area contributed by atoms with Crippen LogP contribution in [0.3, 0.4) is 0 Å². The summed E-state index contributed by atoms with van der Waals surface area (Å²) in [4.78, 5) is 13.9. The van der Waals surface area contributed by atoms with E-state index in [4.69, 9.17) is 22.1 Å². The number of hydrogen-bond donors (Lipinski definition) is 2. The van der Waals surface area contributed by atoms with E-state index in [9.17, 15) is 9.90 Å². The molecule has 1 aromatic carbocycles. The molecule has 1 aliphatic heterocycles. The molecular weight excluding hydrogens is 256 g/mol. The van der Waals surface area contributed by atoms with Crippen LogP contribution in [0.2, 0.25) is 5.02 Å². The first kappa shape index (κ1) is 13.1. The number of aliphatic hydroxyl groups excluding tert-OH is 1. The van der Waals surface area contributed by atoms with Crippen LogP contribution in [0.4, 0.5) is 5.69 Å². The summed E-state index contributed by atoms with van der Waals surface area (Å²) >= 11 is 5.90. The van der Waals surface area contributed by atoms with Crippen molar-refractivity contribution in [3.05, 3.63) is 28.8 Å². The standard InChI is InChI=1S/C12H15ClN2O3/c13-10-3-1-2-9(11(10)14)12(17)15-4-5-18-7-8(15)6-16/h1-3,8,16H,4-7,14H2. The van der Waals surface area contributed by atoms with E-state index in [2.05, 4.69) is 0 Å². The van der Waals surface area contributed by atoms with Crippen molar-refractivity contribution in [1.82, 2.24) is 4.90 Å². The average Bonchev–Trinajstić information content (AvgIpc) is 2.41. The highest BCUT2D eigenvalue weighted by atomic mass is 35.5. The van der Waals surface area contributed by atoms with Gasteiger partial charge in [0.1, 0.15) is 0 Å². The smallest absolute Gasteiger partial charge is 0.256 e. The van der Waals surface area contributed by atoms with E-state index in [1.807, 2.05) is 0 Å². The molecule has 98 valence electrons. The van der Waals surface area contributed by atoms with Gasteiger partial charge in [0.25, 0.3) is 5.91 Å². The number of benzene rings is 1. The number of morpholine rings is 1. The molecule has 5 nitrogen and oxygen atoms in total. The fraction of sp³-hybridized carbons (Fsp3) is 0.417. The van der Waals surface area contributed by atoms with Gasteiger partial charge in [0.2, 0.25) is 0 Å². The predicted octanol–water partition coefficient (Wildman–Crippen LogP) is 0.756. The minimum Gasteiger partial charge on any atom is -0.397 e. The third-order valence-corrected chi connectivity index (χ3v) is 3.31. The van der Waals surface area contributed by atoms with Crippen molar-refractivity contribution in [3.8, 4) is 0 Å². The number of carbonyl (C=O) groups excluding carboxylic acids is 1. The van der Waals surface area contributed by atoms with Crippen LogP contribution in [-0.2, 0) is 4.74 Å². The highest BCUT2D eigenvalue weighted by Crippen LogP contribution is 2.24. The summed E-state index contributed by atoms with van der Waals surface area (Å²) in [5, 5.41) is 9.61. The zero-order valence-electron chi connectivity index (χ0n) is 9.80. The normalized spacial score (nSPS) is 19.9. The van der Waals surface area contributed by atoms with Gasteiger partial charge >= 0.3 is 0 Å². The summed E-state index contributed by atoms with van der Waals surface area (Å²) in [6.07, 6.45) is 0. The molecule has 3 N–H and O–H groups in total. The summed E-state index contributed by atoms with van der Waals surface area (Å²) in [6.45, 7) is 1.10. The number of para-hydroxylation sites is 1. The molecule has 6 heteroatoms. The molecular formula is C12H15ClN2O3. The number of halogens is 1. The second-order valence-electron chi connectivity index (χ2n) is 4.11. The molecule has 1 aliphatic rings. The van der Waals surface area contributed by atoms with Gasteiger partial charge < -0.3 is 20.5 Å². The second-order valence-corrected chi connectivity index (χ2v) is 4.52. The number of hydrogen-bond acceptors (Lipinski definition) is 4. The highest BCUT2D eigenvalue weighted by Gasteiger charge is 2.28. The lowest BCUT2D eigenvalue weighted by atomic mass is 10.1. The van der Waals surface area contributed by atoms with Crippen molar-refractivity contribution in [2.45, 2.75) is 6.04 Å². The van der Waals surface area contributed by atoms with Gasteiger partial charge in [0, 0.05) is 6.54 Å². The number of nitrogens with zero attached hydrogens (tertiary/aromatic N) is 1. The number of ether oxygens (including phenoxy) is 1. The Morgan fingerprint density at radius 2 is 2.39 bits per heavy atom. The summed E-state index contributed by atoms with van der Waals surface area (Å²) in [6, 6.07) is 4.62. The minimum atomic E-state index is -0.329. The molecule has 0 saturated carbocycles. The number of rotatable bonds is 2. The number of amides is 1. The lowest BCUT2D eigenvalue weighted by Gasteiger charge is -2.34. The third kappa shape index (κ3) is 2.43. The van der Waals surface area contributed by atoms with E-state index in [1.54, 1.807) is 23.1 Å². The van der Waals surface area contributed by atoms with Crippen LogP contribution < -0.4 is 5.73 Å². The van der Waals surface area contributed by atoms with Crippen molar-refractivity contribution < 1.29 is 14.6 Å². The Kier molecular flexibility index (Phi) is 4.06. The second kappa shape index (κ2) is 5.56.